The maximum atomic E-state index is 13.9. The zero-order valence-electron chi connectivity index (χ0n) is 11.7. The number of rotatable bonds is 2. The normalized spacial score (nSPS) is 14.0. The third kappa shape index (κ3) is 2.53. The Labute approximate surface area is 122 Å². The molecule has 2 nitrogen and oxygen atoms in total. The number of carbonyl (C=O) groups excluding carboxylic acids is 1. The van der Waals surface area contributed by atoms with E-state index in [-0.39, 0.29) is 17.2 Å². The van der Waals surface area contributed by atoms with Crippen LogP contribution in [0.15, 0.2) is 36.4 Å². The van der Waals surface area contributed by atoms with Crippen LogP contribution in [0, 0.1) is 11.6 Å². The van der Waals surface area contributed by atoms with Crippen LogP contribution < -0.4 is 4.90 Å². The van der Waals surface area contributed by atoms with E-state index in [4.69, 9.17) is 0 Å². The number of nitrogens with zero attached hydrogens (tertiary/aromatic N) is 1. The van der Waals surface area contributed by atoms with Crippen molar-refractivity contribution in [1.29, 1.82) is 0 Å². The Morgan fingerprint density at radius 1 is 1.14 bits per heavy atom. The van der Waals surface area contributed by atoms with Gasteiger partial charge in [-0.05, 0) is 48.7 Å². The number of benzene rings is 2. The molecular formula is C17H15F2NO. The summed E-state index contributed by atoms with van der Waals surface area (Å²) in [7, 11) is 0. The van der Waals surface area contributed by atoms with Crippen molar-refractivity contribution in [2.24, 2.45) is 0 Å². The van der Waals surface area contributed by atoms with Crippen molar-refractivity contribution in [2.75, 3.05) is 11.4 Å². The molecule has 0 radical (unpaired) electrons. The zero-order chi connectivity index (χ0) is 15.0. The third-order valence-electron chi connectivity index (χ3n) is 3.86. The van der Waals surface area contributed by atoms with Gasteiger partial charge >= 0.3 is 0 Å². The fourth-order valence-corrected chi connectivity index (χ4v) is 2.85. The molecule has 0 aliphatic carbocycles. The lowest BCUT2D eigenvalue weighted by atomic mass is 9.98. The van der Waals surface area contributed by atoms with Gasteiger partial charge in [0.1, 0.15) is 11.6 Å². The quantitative estimate of drug-likeness (QED) is 0.784. The molecule has 0 aromatic heterocycles. The molecule has 0 atom stereocenters. The second-order valence-corrected chi connectivity index (χ2v) is 5.27. The molecule has 0 fully saturated rings. The van der Waals surface area contributed by atoms with Crippen molar-refractivity contribution in [1.82, 2.24) is 0 Å². The molecule has 1 aliphatic rings. The molecule has 2 aromatic carbocycles. The molecule has 21 heavy (non-hydrogen) atoms. The van der Waals surface area contributed by atoms with Crippen LogP contribution in [0.5, 0.6) is 0 Å². The van der Waals surface area contributed by atoms with Crippen LogP contribution in [0.2, 0.25) is 0 Å². The minimum atomic E-state index is -0.495. The second kappa shape index (κ2) is 5.28. The molecule has 0 bridgehead atoms. The smallest absolute Gasteiger partial charge is 0.164 e. The number of hydrogen-bond donors (Lipinski definition) is 0. The minimum Gasteiger partial charge on any atom is -0.366 e. The van der Waals surface area contributed by atoms with Gasteiger partial charge in [0.2, 0.25) is 0 Å². The Morgan fingerprint density at radius 2 is 1.95 bits per heavy atom. The molecule has 2 aromatic rings. The van der Waals surface area contributed by atoms with E-state index in [1.165, 1.54) is 19.1 Å². The molecule has 4 heteroatoms. The lowest BCUT2D eigenvalue weighted by Crippen LogP contribution is -2.31. The summed E-state index contributed by atoms with van der Waals surface area (Å²) < 4.78 is 27.1. The molecule has 0 unspecified atom stereocenters. The minimum absolute atomic E-state index is 0.128. The van der Waals surface area contributed by atoms with E-state index in [2.05, 4.69) is 0 Å². The van der Waals surface area contributed by atoms with Crippen LogP contribution in [0.3, 0.4) is 0 Å². The number of fused-ring (bicyclic) bond motifs is 1. The molecular weight excluding hydrogens is 272 g/mol. The van der Waals surface area contributed by atoms with E-state index in [1.807, 2.05) is 4.90 Å². The highest BCUT2D eigenvalue weighted by Crippen LogP contribution is 2.29. The van der Waals surface area contributed by atoms with Crippen molar-refractivity contribution >= 4 is 11.5 Å². The van der Waals surface area contributed by atoms with E-state index in [0.717, 1.165) is 11.1 Å². The van der Waals surface area contributed by atoms with E-state index < -0.39 is 5.82 Å². The molecule has 0 spiro atoms. The molecule has 108 valence electrons. The summed E-state index contributed by atoms with van der Waals surface area (Å²) in [6.45, 7) is 2.56. The van der Waals surface area contributed by atoms with Crippen LogP contribution in [0.1, 0.15) is 28.4 Å². The van der Waals surface area contributed by atoms with E-state index in [1.54, 1.807) is 24.3 Å². The van der Waals surface area contributed by atoms with Crippen molar-refractivity contribution < 1.29 is 13.6 Å². The molecule has 0 amide bonds. The average Bonchev–Trinajstić information content (AvgIpc) is 2.46. The van der Waals surface area contributed by atoms with Gasteiger partial charge in [0.25, 0.3) is 0 Å². The highest BCUT2D eigenvalue weighted by Gasteiger charge is 2.22. The van der Waals surface area contributed by atoms with Gasteiger partial charge in [0, 0.05) is 13.1 Å². The van der Waals surface area contributed by atoms with Crippen molar-refractivity contribution in [3.8, 4) is 0 Å². The second-order valence-electron chi connectivity index (χ2n) is 5.27. The SMILES string of the molecule is CC(=O)c1c(F)cccc1N1CCc2cc(F)ccc2C1. The van der Waals surface area contributed by atoms with Crippen molar-refractivity contribution in [3.63, 3.8) is 0 Å². The van der Waals surface area contributed by atoms with Gasteiger partial charge < -0.3 is 4.90 Å². The van der Waals surface area contributed by atoms with Gasteiger partial charge in [-0.2, -0.15) is 0 Å². The summed E-state index contributed by atoms with van der Waals surface area (Å²) in [5, 5.41) is 0. The first-order chi connectivity index (χ1) is 10.1. The summed E-state index contributed by atoms with van der Waals surface area (Å²) in [4.78, 5) is 13.7. The monoisotopic (exact) mass is 287 g/mol. The van der Waals surface area contributed by atoms with Crippen LogP contribution in [-0.4, -0.2) is 12.3 Å². The summed E-state index contributed by atoms with van der Waals surface area (Å²) in [5.74, 6) is -1.02. The first kappa shape index (κ1) is 13.7. The number of ketones is 1. The maximum absolute atomic E-state index is 13.9. The lowest BCUT2D eigenvalue weighted by molar-refractivity contribution is 0.101. The third-order valence-corrected chi connectivity index (χ3v) is 3.86. The number of halogens is 2. The molecule has 3 rings (SSSR count). The Balaban J connectivity index is 1.99. The van der Waals surface area contributed by atoms with Crippen LogP contribution in [0.4, 0.5) is 14.5 Å². The van der Waals surface area contributed by atoms with Crippen LogP contribution in [-0.2, 0) is 13.0 Å². The summed E-state index contributed by atoms with van der Waals surface area (Å²) in [6, 6.07) is 9.40. The van der Waals surface area contributed by atoms with Gasteiger partial charge in [-0.25, -0.2) is 8.78 Å². The Morgan fingerprint density at radius 3 is 2.71 bits per heavy atom. The number of hydrogen-bond acceptors (Lipinski definition) is 2. The average molecular weight is 287 g/mol. The fraction of sp³-hybridized carbons (Fsp3) is 0.235. The summed E-state index contributed by atoms with van der Waals surface area (Å²) >= 11 is 0. The predicted molar refractivity (Wildman–Crippen MR) is 77.6 cm³/mol. The Kier molecular flexibility index (Phi) is 3.45. The summed E-state index contributed by atoms with van der Waals surface area (Å²) in [5.41, 5.74) is 2.73. The zero-order valence-corrected chi connectivity index (χ0v) is 11.7. The molecule has 0 saturated heterocycles. The molecule has 0 N–H and O–H groups in total. The molecule has 0 saturated carbocycles. The highest BCUT2D eigenvalue weighted by molar-refractivity contribution is 6.00. The Hall–Kier alpha value is -2.23. The number of Topliss-reactive ketones (excluding diaryl/α,β-unsaturated/α-hetero) is 1. The lowest BCUT2D eigenvalue weighted by Gasteiger charge is -2.32. The van der Waals surface area contributed by atoms with Crippen molar-refractivity contribution in [3.05, 3.63) is 64.7 Å². The largest absolute Gasteiger partial charge is 0.366 e. The van der Waals surface area contributed by atoms with Gasteiger partial charge in [0.05, 0.1) is 11.3 Å². The van der Waals surface area contributed by atoms with Gasteiger partial charge in [-0.3, -0.25) is 4.79 Å². The van der Waals surface area contributed by atoms with Gasteiger partial charge in [-0.1, -0.05) is 12.1 Å². The summed E-state index contributed by atoms with van der Waals surface area (Å²) in [6.07, 6.45) is 0.681. The fourth-order valence-electron chi connectivity index (χ4n) is 2.85. The number of carbonyl (C=O) groups is 1. The number of anilines is 1. The molecule has 1 heterocycles. The highest BCUT2D eigenvalue weighted by atomic mass is 19.1. The van der Waals surface area contributed by atoms with E-state index in [0.29, 0.717) is 25.2 Å². The van der Waals surface area contributed by atoms with Gasteiger partial charge in [-0.15, -0.1) is 0 Å². The van der Waals surface area contributed by atoms with Crippen LogP contribution in [0.25, 0.3) is 0 Å². The van der Waals surface area contributed by atoms with E-state index >= 15 is 0 Å². The maximum Gasteiger partial charge on any atom is 0.164 e. The predicted octanol–water partition coefficient (Wildman–Crippen LogP) is 3.73. The van der Waals surface area contributed by atoms with E-state index in [9.17, 15) is 13.6 Å². The van der Waals surface area contributed by atoms with Crippen molar-refractivity contribution in [2.45, 2.75) is 19.9 Å². The first-order valence-electron chi connectivity index (χ1n) is 6.88. The first-order valence-corrected chi connectivity index (χ1v) is 6.88. The van der Waals surface area contributed by atoms with Gasteiger partial charge in [0.15, 0.2) is 5.78 Å². The topological polar surface area (TPSA) is 20.3 Å². The van der Waals surface area contributed by atoms with Crippen LogP contribution >= 0.6 is 0 Å². The molecule has 1 aliphatic heterocycles. The Bertz CT molecular complexity index is 712. The standard InChI is InChI=1S/C17H15F2NO/c1-11(21)17-15(19)3-2-4-16(17)20-8-7-12-9-14(18)6-5-13(12)10-20/h2-6,9H,7-8,10H2,1H3.